The van der Waals surface area contributed by atoms with E-state index in [0.29, 0.717) is 0 Å². The molecule has 0 unspecified atom stereocenters. The van der Waals surface area contributed by atoms with Crippen molar-refractivity contribution in [3.8, 4) is 0 Å². The molecule has 2 heterocycles. The summed E-state index contributed by atoms with van der Waals surface area (Å²) < 4.78 is 4.63. The highest BCUT2D eigenvalue weighted by Gasteiger charge is 2.20. The van der Waals surface area contributed by atoms with E-state index in [1.165, 1.54) is 22.0 Å². The van der Waals surface area contributed by atoms with Gasteiger partial charge in [0.2, 0.25) is 0 Å². The lowest BCUT2D eigenvalue weighted by Crippen LogP contribution is -2.02. The molecule has 128 valence electrons. The van der Waals surface area contributed by atoms with Gasteiger partial charge in [0.15, 0.2) is 0 Å². The first-order valence-electron chi connectivity index (χ1n) is 8.73. The third-order valence-electron chi connectivity index (χ3n) is 4.40. The van der Waals surface area contributed by atoms with E-state index in [1.54, 1.807) is 0 Å². The Balaban J connectivity index is 1.95. The molecular weight excluding hydrogens is 335 g/mol. The number of aromatic nitrogens is 2. The largest absolute Gasteiger partial charge is 0.312 e. The van der Waals surface area contributed by atoms with E-state index < -0.39 is 8.22 Å². The molecule has 0 saturated carbocycles. The van der Waals surface area contributed by atoms with Crippen LogP contribution < -0.4 is 0 Å². The van der Waals surface area contributed by atoms with Crippen molar-refractivity contribution in [1.29, 1.82) is 0 Å². The molecule has 2 aromatic carbocycles. The predicted molar refractivity (Wildman–Crippen MR) is 111 cm³/mol. The highest BCUT2D eigenvalue weighted by atomic mass is 31.1. The lowest BCUT2D eigenvalue weighted by atomic mass is 9.98. The Morgan fingerprint density at radius 3 is 1.35 bits per heavy atom. The molecule has 0 amide bonds. The van der Waals surface area contributed by atoms with Crippen LogP contribution in [-0.2, 0) is 0 Å². The number of rotatable bonds is 5. The van der Waals surface area contributed by atoms with Crippen LogP contribution in [0.15, 0.2) is 115 Å². The molecule has 0 saturated heterocycles. The lowest BCUT2D eigenvalue weighted by Gasteiger charge is -2.24. The molecule has 3 heteroatoms. The second-order valence-electron chi connectivity index (χ2n) is 6.11. The van der Waals surface area contributed by atoms with Crippen molar-refractivity contribution in [2.24, 2.45) is 0 Å². The van der Waals surface area contributed by atoms with E-state index in [1.807, 2.05) is 0 Å². The second-order valence-corrected chi connectivity index (χ2v) is 8.28. The van der Waals surface area contributed by atoms with Crippen molar-refractivity contribution >= 4 is 13.8 Å². The third kappa shape index (κ3) is 3.29. The van der Waals surface area contributed by atoms with Crippen molar-refractivity contribution in [1.82, 2.24) is 8.68 Å². The van der Waals surface area contributed by atoms with Crippen LogP contribution >= 0.6 is 8.22 Å². The van der Waals surface area contributed by atoms with Crippen LogP contribution in [-0.4, -0.2) is 8.68 Å². The molecule has 0 radical (unpaired) electrons. The minimum atomic E-state index is -0.712. The van der Waals surface area contributed by atoms with Crippen molar-refractivity contribution in [3.63, 3.8) is 0 Å². The number of nitrogens with zero attached hydrogens (tertiary/aromatic N) is 2. The summed E-state index contributed by atoms with van der Waals surface area (Å²) in [5, 5.41) is 1.37. The summed E-state index contributed by atoms with van der Waals surface area (Å²) in [4.78, 5) is 0. The van der Waals surface area contributed by atoms with Crippen molar-refractivity contribution in [2.45, 2.75) is 6.92 Å². The fourth-order valence-corrected chi connectivity index (χ4v) is 5.47. The van der Waals surface area contributed by atoms with E-state index >= 15 is 0 Å². The van der Waals surface area contributed by atoms with Crippen LogP contribution in [0.5, 0.6) is 0 Å². The zero-order chi connectivity index (χ0) is 17.8. The topological polar surface area (TPSA) is 9.86 Å². The highest BCUT2D eigenvalue weighted by Crippen LogP contribution is 2.51. The van der Waals surface area contributed by atoms with Gasteiger partial charge in [-0.3, -0.25) is 0 Å². The molecule has 0 N–H and O–H groups in total. The fourth-order valence-electron chi connectivity index (χ4n) is 3.26. The fraction of sp³-hybridized carbons (Fsp3) is 0.0435. The van der Waals surface area contributed by atoms with Crippen LogP contribution in [0, 0.1) is 0 Å². The first kappa shape index (κ1) is 16.6. The van der Waals surface area contributed by atoms with E-state index in [0.717, 1.165) is 0 Å². The summed E-state index contributed by atoms with van der Waals surface area (Å²) >= 11 is 0. The Kier molecular flexibility index (Phi) is 4.86. The maximum Gasteiger partial charge on any atom is 0.132 e. The zero-order valence-corrected chi connectivity index (χ0v) is 15.6. The summed E-state index contributed by atoms with van der Waals surface area (Å²) in [7, 11) is -0.712. The summed E-state index contributed by atoms with van der Waals surface area (Å²) in [5.41, 5.74) is 3.81. The molecule has 0 atom stereocenters. The molecule has 2 nitrogen and oxygen atoms in total. The second kappa shape index (κ2) is 7.59. The van der Waals surface area contributed by atoms with Crippen molar-refractivity contribution in [3.05, 3.63) is 126 Å². The smallest absolute Gasteiger partial charge is 0.132 e. The van der Waals surface area contributed by atoms with Gasteiger partial charge in [-0.15, -0.1) is 0 Å². The summed E-state index contributed by atoms with van der Waals surface area (Å²) in [5.74, 6) is 0. The predicted octanol–water partition coefficient (Wildman–Crippen LogP) is 6.48. The molecule has 4 aromatic rings. The van der Waals surface area contributed by atoms with Gasteiger partial charge >= 0.3 is 0 Å². The minimum Gasteiger partial charge on any atom is -0.312 e. The number of benzene rings is 2. The van der Waals surface area contributed by atoms with E-state index in [2.05, 4.69) is 125 Å². The monoisotopic (exact) mass is 356 g/mol. The van der Waals surface area contributed by atoms with Crippen LogP contribution in [0.3, 0.4) is 0 Å². The average Bonchev–Trinajstić information content (AvgIpc) is 3.39. The standard InChI is InChI=1S/C23H21N2P/c1-20(26(24-16-8-9-17-24)25-18-10-11-19-25)23(21-12-4-2-5-13-21)22-14-6-3-7-15-22/h2-19H,1H3. The van der Waals surface area contributed by atoms with Crippen LogP contribution in [0.2, 0.25) is 0 Å². The van der Waals surface area contributed by atoms with E-state index in [-0.39, 0.29) is 0 Å². The minimum absolute atomic E-state index is 0.712. The van der Waals surface area contributed by atoms with Crippen LogP contribution in [0.25, 0.3) is 5.57 Å². The van der Waals surface area contributed by atoms with Crippen LogP contribution in [0.4, 0.5) is 0 Å². The van der Waals surface area contributed by atoms with Crippen molar-refractivity contribution in [2.75, 3.05) is 0 Å². The van der Waals surface area contributed by atoms with Crippen molar-refractivity contribution < 1.29 is 0 Å². The normalized spacial score (nSPS) is 10.8. The van der Waals surface area contributed by atoms with Gasteiger partial charge < -0.3 is 8.68 Å². The quantitative estimate of drug-likeness (QED) is 0.362. The molecule has 26 heavy (non-hydrogen) atoms. The first-order valence-corrected chi connectivity index (χ1v) is 9.97. The highest BCUT2D eigenvalue weighted by molar-refractivity contribution is 7.59. The number of hydrogen-bond acceptors (Lipinski definition) is 0. The summed E-state index contributed by atoms with van der Waals surface area (Å²) in [6.07, 6.45) is 8.62. The molecule has 0 aliphatic rings. The van der Waals surface area contributed by atoms with Gasteiger partial charge in [-0.1, -0.05) is 60.7 Å². The Morgan fingerprint density at radius 1 is 0.577 bits per heavy atom. The molecule has 0 aliphatic heterocycles. The zero-order valence-electron chi connectivity index (χ0n) is 14.7. The maximum atomic E-state index is 2.32. The van der Waals surface area contributed by atoms with Gasteiger partial charge in [-0.25, -0.2) is 0 Å². The van der Waals surface area contributed by atoms with Crippen LogP contribution in [0.1, 0.15) is 18.1 Å². The van der Waals surface area contributed by atoms with Gasteiger partial charge in [0.25, 0.3) is 0 Å². The molecule has 4 rings (SSSR count). The number of allylic oxidation sites excluding steroid dienone is 1. The Hall–Kier alpha value is -2.83. The molecule has 0 fully saturated rings. The lowest BCUT2D eigenvalue weighted by molar-refractivity contribution is 1.14. The van der Waals surface area contributed by atoms with Gasteiger partial charge in [0.05, 0.1) is 0 Å². The summed E-state index contributed by atoms with van der Waals surface area (Å²) in [6, 6.07) is 29.8. The Bertz CT molecular complexity index is 894. The maximum absolute atomic E-state index is 2.32. The molecule has 0 aliphatic carbocycles. The molecule has 0 bridgehead atoms. The van der Waals surface area contributed by atoms with E-state index in [4.69, 9.17) is 0 Å². The Labute approximate surface area is 155 Å². The summed E-state index contributed by atoms with van der Waals surface area (Å²) in [6.45, 7) is 2.26. The van der Waals surface area contributed by atoms with Gasteiger partial charge in [-0.2, -0.15) is 0 Å². The SMILES string of the molecule is CC(=C(c1ccccc1)c1ccccc1)P(n1cccc1)n1cccc1. The molecular formula is C23H21N2P. The average molecular weight is 356 g/mol. The third-order valence-corrected chi connectivity index (χ3v) is 6.63. The van der Waals surface area contributed by atoms with Gasteiger partial charge in [0.1, 0.15) is 8.22 Å². The van der Waals surface area contributed by atoms with E-state index in [9.17, 15) is 0 Å². The molecule has 0 spiro atoms. The first-order chi connectivity index (χ1) is 12.8. The van der Waals surface area contributed by atoms with Gasteiger partial charge in [-0.05, 0) is 47.9 Å². The number of hydrogen-bond donors (Lipinski definition) is 0. The Morgan fingerprint density at radius 2 is 0.962 bits per heavy atom. The molecule has 2 aromatic heterocycles. The van der Waals surface area contributed by atoms with Gasteiger partial charge in [0, 0.05) is 30.1 Å².